The number of carbonyl (C=O) groups excluding carboxylic acids is 2. The minimum absolute atomic E-state index is 0.0622. The Bertz CT molecular complexity index is 690. The van der Waals surface area contributed by atoms with E-state index in [9.17, 15) is 19.5 Å². The number of aliphatic carboxylic acids is 1. The fraction of sp³-hybridized carbons (Fsp3) is 0.267. The number of nitrogens with one attached hydrogen (secondary N) is 1. The normalized spacial score (nSPS) is 24.1. The highest BCUT2D eigenvalue weighted by Crippen LogP contribution is 2.37. The summed E-state index contributed by atoms with van der Waals surface area (Å²) in [6, 6.07) is 7.56. The van der Waals surface area contributed by atoms with Gasteiger partial charge in [-0.05, 0) is 11.6 Å². The first-order valence-corrected chi connectivity index (χ1v) is 7.97. The van der Waals surface area contributed by atoms with Gasteiger partial charge in [0.25, 0.3) is 11.8 Å². The Kier molecular flexibility index (Phi) is 4.10. The summed E-state index contributed by atoms with van der Waals surface area (Å²) >= 11 is 1.36. The maximum absolute atomic E-state index is 12.1. The number of carbonyl (C=O) groups is 3. The monoisotopic (exact) mass is 334 g/mol. The van der Waals surface area contributed by atoms with E-state index in [0.29, 0.717) is 11.3 Å². The van der Waals surface area contributed by atoms with E-state index in [4.69, 9.17) is 5.11 Å². The van der Waals surface area contributed by atoms with Crippen LogP contribution < -0.4 is 5.32 Å². The fourth-order valence-electron chi connectivity index (χ4n) is 2.56. The van der Waals surface area contributed by atoms with Gasteiger partial charge < -0.3 is 15.5 Å². The number of hydrogen-bond donors (Lipinski definition) is 3. The fourth-order valence-corrected chi connectivity index (χ4v) is 3.75. The van der Waals surface area contributed by atoms with Crippen molar-refractivity contribution < 1.29 is 24.6 Å². The van der Waals surface area contributed by atoms with Crippen LogP contribution in [0.3, 0.4) is 0 Å². The van der Waals surface area contributed by atoms with Crippen molar-refractivity contribution in [2.45, 2.75) is 17.5 Å². The molecule has 23 heavy (non-hydrogen) atoms. The molecule has 0 radical (unpaired) electrons. The number of benzene rings is 1. The highest BCUT2D eigenvalue weighted by molar-refractivity contribution is 8.00. The molecule has 0 bridgehead atoms. The molecule has 3 N–H and O–H groups in total. The van der Waals surface area contributed by atoms with Gasteiger partial charge in [0.05, 0.1) is 0 Å². The summed E-state index contributed by atoms with van der Waals surface area (Å²) in [6.07, 6.45) is 0.0965. The van der Waals surface area contributed by atoms with Crippen LogP contribution in [0.5, 0.6) is 0 Å². The van der Waals surface area contributed by atoms with E-state index in [1.807, 2.05) is 0 Å². The van der Waals surface area contributed by atoms with Crippen molar-refractivity contribution in [2.75, 3.05) is 5.75 Å². The second kappa shape index (κ2) is 6.05. The van der Waals surface area contributed by atoms with E-state index < -0.39 is 35.3 Å². The van der Waals surface area contributed by atoms with E-state index in [0.717, 1.165) is 4.90 Å². The van der Waals surface area contributed by atoms with Gasteiger partial charge in [-0.1, -0.05) is 30.3 Å². The average molecular weight is 334 g/mol. The van der Waals surface area contributed by atoms with Crippen LogP contribution in [0.2, 0.25) is 0 Å². The molecule has 2 aliphatic heterocycles. The molecule has 2 aliphatic rings. The number of rotatable bonds is 4. The number of aliphatic hydroxyl groups is 1. The average Bonchev–Trinajstić information content (AvgIpc) is 2.58. The Balaban J connectivity index is 1.68. The van der Waals surface area contributed by atoms with Gasteiger partial charge >= 0.3 is 5.97 Å². The van der Waals surface area contributed by atoms with Crippen molar-refractivity contribution in [3.05, 3.63) is 47.7 Å². The molecule has 3 atom stereocenters. The van der Waals surface area contributed by atoms with E-state index in [1.54, 1.807) is 30.3 Å². The van der Waals surface area contributed by atoms with Gasteiger partial charge in [-0.3, -0.25) is 14.5 Å². The van der Waals surface area contributed by atoms with E-state index in [-0.39, 0.29) is 5.70 Å². The highest BCUT2D eigenvalue weighted by atomic mass is 32.2. The second-order valence-corrected chi connectivity index (χ2v) is 6.28. The van der Waals surface area contributed by atoms with E-state index >= 15 is 0 Å². The van der Waals surface area contributed by atoms with Gasteiger partial charge in [-0.25, -0.2) is 4.79 Å². The van der Waals surface area contributed by atoms with Crippen molar-refractivity contribution in [3.63, 3.8) is 0 Å². The molecule has 0 aromatic heterocycles. The molecular formula is C15H14N2O5S. The lowest BCUT2D eigenvalue weighted by molar-refractivity contribution is -0.151. The summed E-state index contributed by atoms with van der Waals surface area (Å²) in [6.45, 7) is 0. The third-order valence-corrected chi connectivity index (χ3v) is 4.91. The number of carboxylic acids is 1. The molecule has 7 nitrogen and oxygen atoms in total. The molecule has 3 rings (SSSR count). The maximum Gasteiger partial charge on any atom is 0.352 e. The van der Waals surface area contributed by atoms with Crippen molar-refractivity contribution in [2.24, 2.45) is 0 Å². The lowest BCUT2D eigenvalue weighted by Crippen LogP contribution is -2.70. The van der Waals surface area contributed by atoms with Crippen LogP contribution in [0.1, 0.15) is 11.7 Å². The Labute approximate surface area is 136 Å². The quantitative estimate of drug-likeness (QED) is 0.674. The largest absolute Gasteiger partial charge is 0.477 e. The first-order valence-electron chi connectivity index (χ1n) is 6.92. The molecule has 1 aromatic carbocycles. The van der Waals surface area contributed by atoms with Crippen LogP contribution in [-0.4, -0.2) is 50.1 Å². The summed E-state index contributed by atoms with van der Waals surface area (Å²) in [4.78, 5) is 36.5. The minimum Gasteiger partial charge on any atom is -0.477 e. The van der Waals surface area contributed by atoms with Crippen LogP contribution in [0.4, 0.5) is 0 Å². The molecule has 2 unspecified atom stereocenters. The van der Waals surface area contributed by atoms with Gasteiger partial charge in [-0.2, -0.15) is 0 Å². The predicted octanol–water partition coefficient (Wildman–Crippen LogP) is 0.0884. The summed E-state index contributed by atoms with van der Waals surface area (Å²) in [5.41, 5.74) is 0.365. The third kappa shape index (κ3) is 2.71. The van der Waals surface area contributed by atoms with Crippen molar-refractivity contribution in [3.8, 4) is 0 Å². The zero-order valence-corrected chi connectivity index (χ0v) is 12.7. The Hall–Kier alpha value is -2.32. The molecular weight excluding hydrogens is 320 g/mol. The first-order chi connectivity index (χ1) is 11.0. The number of nitrogens with zero attached hydrogens (tertiary/aromatic N) is 1. The predicted molar refractivity (Wildman–Crippen MR) is 82.1 cm³/mol. The molecule has 0 spiro atoms. The Morgan fingerprint density at radius 2 is 2.00 bits per heavy atom. The van der Waals surface area contributed by atoms with Gasteiger partial charge in [0.15, 0.2) is 6.10 Å². The molecule has 2 amide bonds. The summed E-state index contributed by atoms with van der Waals surface area (Å²) in [7, 11) is 0. The topological polar surface area (TPSA) is 107 Å². The molecule has 1 saturated heterocycles. The van der Waals surface area contributed by atoms with Gasteiger partial charge in [-0.15, -0.1) is 11.8 Å². The van der Waals surface area contributed by atoms with Gasteiger partial charge in [0.2, 0.25) is 0 Å². The Morgan fingerprint density at radius 3 is 2.65 bits per heavy atom. The van der Waals surface area contributed by atoms with E-state index in [2.05, 4.69) is 5.32 Å². The van der Waals surface area contributed by atoms with Crippen LogP contribution in [-0.2, 0) is 14.4 Å². The van der Waals surface area contributed by atoms with Crippen LogP contribution in [0.15, 0.2) is 42.1 Å². The van der Waals surface area contributed by atoms with Gasteiger partial charge in [0, 0.05) is 5.75 Å². The van der Waals surface area contributed by atoms with Crippen molar-refractivity contribution in [1.29, 1.82) is 0 Å². The smallest absolute Gasteiger partial charge is 0.352 e. The summed E-state index contributed by atoms with van der Waals surface area (Å²) in [5.74, 6) is -1.88. The molecule has 2 heterocycles. The van der Waals surface area contributed by atoms with Crippen LogP contribution in [0, 0.1) is 0 Å². The second-order valence-electron chi connectivity index (χ2n) is 5.13. The van der Waals surface area contributed by atoms with Crippen LogP contribution >= 0.6 is 11.8 Å². The number of β-lactam (4-membered cyclic amide) rings is 1. The number of amides is 2. The highest BCUT2D eigenvalue weighted by Gasteiger charge is 2.53. The molecule has 0 aliphatic carbocycles. The Morgan fingerprint density at radius 1 is 1.30 bits per heavy atom. The molecule has 1 fully saturated rings. The standard InChI is InChI=1S/C15H14N2O5S/c18-11(8-4-2-1-3-5-8)12(19)16-10-13(20)17-9(15(21)22)6-7-23-14(10)17/h1-6,10-11,14,18H,7H2,(H,16,19)(H,21,22)/t10?,11?,14-/m0/s1. The van der Waals surface area contributed by atoms with E-state index in [1.165, 1.54) is 17.8 Å². The number of thioether (sulfide) groups is 1. The number of hydrogen-bond acceptors (Lipinski definition) is 5. The molecule has 8 heteroatoms. The zero-order valence-electron chi connectivity index (χ0n) is 11.9. The maximum atomic E-state index is 12.1. The summed E-state index contributed by atoms with van der Waals surface area (Å²) in [5, 5.41) is 21.2. The van der Waals surface area contributed by atoms with Crippen LogP contribution in [0.25, 0.3) is 0 Å². The first kappa shape index (κ1) is 15.6. The third-order valence-electron chi connectivity index (χ3n) is 3.73. The number of aliphatic hydroxyl groups excluding tert-OH is 1. The zero-order chi connectivity index (χ0) is 16.6. The van der Waals surface area contributed by atoms with Crippen molar-refractivity contribution >= 4 is 29.5 Å². The number of fused-ring (bicyclic) bond motifs is 1. The molecule has 120 valence electrons. The number of carboxylic acid groups (broad SMARTS) is 1. The van der Waals surface area contributed by atoms with Crippen molar-refractivity contribution in [1.82, 2.24) is 10.2 Å². The SMILES string of the molecule is O=C(O)C1=CCS[C@H]2C(NC(=O)C(O)c3ccccc3)C(=O)N12. The minimum atomic E-state index is -1.37. The van der Waals surface area contributed by atoms with Gasteiger partial charge in [0.1, 0.15) is 17.1 Å². The lowest BCUT2D eigenvalue weighted by atomic mass is 10.0. The summed E-state index contributed by atoms with van der Waals surface area (Å²) < 4.78 is 0. The molecule has 0 saturated carbocycles. The molecule has 1 aromatic rings. The lowest BCUT2D eigenvalue weighted by Gasteiger charge is -2.48.